The number of fused-ring (bicyclic) bond motifs is 1. The first-order chi connectivity index (χ1) is 9.78. The fourth-order valence-electron chi connectivity index (χ4n) is 2.69. The van der Waals surface area contributed by atoms with Crippen molar-refractivity contribution in [2.24, 2.45) is 7.05 Å². The van der Waals surface area contributed by atoms with Crippen molar-refractivity contribution in [3.63, 3.8) is 0 Å². The van der Waals surface area contributed by atoms with Crippen LogP contribution in [0, 0.1) is 0 Å². The first kappa shape index (κ1) is 13.2. The van der Waals surface area contributed by atoms with Gasteiger partial charge in [-0.05, 0) is 30.2 Å². The van der Waals surface area contributed by atoms with Crippen molar-refractivity contribution < 1.29 is 4.74 Å². The Balaban J connectivity index is 1.92. The van der Waals surface area contributed by atoms with E-state index in [1.54, 1.807) is 0 Å². The van der Waals surface area contributed by atoms with Crippen molar-refractivity contribution in [2.75, 3.05) is 13.2 Å². The minimum Gasteiger partial charge on any atom is -0.493 e. The maximum Gasteiger partial charge on any atom is 0.122 e. The summed E-state index contributed by atoms with van der Waals surface area (Å²) >= 11 is 0. The summed E-state index contributed by atoms with van der Waals surface area (Å²) in [5, 5.41) is 7.91. The molecule has 2 aromatic rings. The van der Waals surface area contributed by atoms with Crippen LogP contribution in [0.15, 0.2) is 30.6 Å². The van der Waals surface area contributed by atoms with Crippen molar-refractivity contribution in [1.29, 1.82) is 0 Å². The molecule has 106 valence electrons. The molecule has 20 heavy (non-hydrogen) atoms. The zero-order valence-corrected chi connectivity index (χ0v) is 12.1. The monoisotopic (exact) mass is 271 g/mol. The number of aromatic nitrogens is 2. The summed E-state index contributed by atoms with van der Waals surface area (Å²) in [5.74, 6) is 1.04. The van der Waals surface area contributed by atoms with Crippen LogP contribution in [-0.4, -0.2) is 22.9 Å². The molecule has 4 heteroatoms. The number of ether oxygens (including phenoxy) is 1. The summed E-state index contributed by atoms with van der Waals surface area (Å²) in [6.07, 6.45) is 6.15. The normalized spacial score (nSPS) is 14.9. The summed E-state index contributed by atoms with van der Waals surface area (Å²) in [4.78, 5) is 0. The highest BCUT2D eigenvalue weighted by Gasteiger charge is 2.19. The van der Waals surface area contributed by atoms with Crippen molar-refractivity contribution in [3.8, 4) is 5.75 Å². The summed E-state index contributed by atoms with van der Waals surface area (Å²) in [6, 6.07) is 6.72. The van der Waals surface area contributed by atoms with Crippen LogP contribution in [0.4, 0.5) is 0 Å². The quantitative estimate of drug-likeness (QED) is 0.908. The second kappa shape index (κ2) is 5.67. The molecule has 0 spiro atoms. The van der Waals surface area contributed by atoms with Crippen LogP contribution >= 0.6 is 0 Å². The highest BCUT2D eigenvalue weighted by molar-refractivity contribution is 5.42. The molecular weight excluding hydrogens is 250 g/mol. The van der Waals surface area contributed by atoms with E-state index in [0.717, 1.165) is 31.7 Å². The minimum atomic E-state index is 0.203. The average molecular weight is 271 g/mol. The van der Waals surface area contributed by atoms with Crippen LogP contribution < -0.4 is 10.1 Å². The molecule has 0 saturated carbocycles. The molecular formula is C16H21N3O. The predicted molar refractivity (Wildman–Crippen MR) is 79.0 cm³/mol. The second-order valence-corrected chi connectivity index (χ2v) is 5.30. The van der Waals surface area contributed by atoms with E-state index < -0.39 is 0 Å². The van der Waals surface area contributed by atoms with Gasteiger partial charge in [-0.2, -0.15) is 5.10 Å². The zero-order chi connectivity index (χ0) is 13.9. The van der Waals surface area contributed by atoms with E-state index in [9.17, 15) is 0 Å². The Labute approximate surface area is 119 Å². The third kappa shape index (κ3) is 2.56. The first-order valence-corrected chi connectivity index (χ1v) is 7.25. The lowest BCUT2D eigenvalue weighted by atomic mass is 9.98. The van der Waals surface area contributed by atoms with Crippen LogP contribution in [0.2, 0.25) is 0 Å². The number of benzene rings is 1. The van der Waals surface area contributed by atoms with Crippen LogP contribution in [0.1, 0.15) is 36.1 Å². The van der Waals surface area contributed by atoms with Gasteiger partial charge in [0, 0.05) is 25.2 Å². The summed E-state index contributed by atoms with van der Waals surface area (Å²) in [5.41, 5.74) is 3.81. The Hall–Kier alpha value is -1.81. The van der Waals surface area contributed by atoms with E-state index >= 15 is 0 Å². The fraction of sp³-hybridized carbons (Fsp3) is 0.438. The van der Waals surface area contributed by atoms with E-state index in [-0.39, 0.29) is 6.04 Å². The molecule has 0 fully saturated rings. The van der Waals surface area contributed by atoms with Gasteiger partial charge in [0.2, 0.25) is 0 Å². The van der Waals surface area contributed by atoms with Gasteiger partial charge in [0.05, 0.1) is 18.8 Å². The molecule has 1 atom stereocenters. The molecule has 0 saturated heterocycles. The Bertz CT molecular complexity index is 591. The van der Waals surface area contributed by atoms with Gasteiger partial charge < -0.3 is 10.1 Å². The van der Waals surface area contributed by atoms with Crippen molar-refractivity contribution in [2.45, 2.75) is 25.8 Å². The maximum absolute atomic E-state index is 5.59. The average Bonchev–Trinajstić information content (AvgIpc) is 3.07. The summed E-state index contributed by atoms with van der Waals surface area (Å²) in [7, 11) is 1.96. The lowest BCUT2D eigenvalue weighted by Gasteiger charge is -2.18. The Morgan fingerprint density at radius 1 is 1.40 bits per heavy atom. The fourth-order valence-corrected chi connectivity index (χ4v) is 2.69. The van der Waals surface area contributed by atoms with Crippen LogP contribution in [0.3, 0.4) is 0 Å². The predicted octanol–water partition coefficient (Wildman–Crippen LogP) is 2.44. The first-order valence-electron chi connectivity index (χ1n) is 7.25. The molecule has 1 aromatic carbocycles. The molecule has 0 amide bonds. The van der Waals surface area contributed by atoms with E-state index in [0.29, 0.717) is 0 Å². The van der Waals surface area contributed by atoms with Crippen molar-refractivity contribution >= 4 is 0 Å². The lowest BCUT2D eigenvalue weighted by Crippen LogP contribution is -2.23. The Kier molecular flexibility index (Phi) is 3.74. The third-order valence-corrected chi connectivity index (χ3v) is 3.70. The van der Waals surface area contributed by atoms with Gasteiger partial charge in [-0.3, -0.25) is 4.68 Å². The minimum absolute atomic E-state index is 0.203. The molecule has 1 aliphatic rings. The zero-order valence-electron chi connectivity index (χ0n) is 12.1. The summed E-state index contributed by atoms with van der Waals surface area (Å²) < 4.78 is 7.44. The number of rotatable bonds is 5. The van der Waals surface area contributed by atoms with E-state index in [2.05, 4.69) is 41.7 Å². The Morgan fingerprint density at radius 2 is 2.30 bits per heavy atom. The topological polar surface area (TPSA) is 39.1 Å². The molecule has 4 nitrogen and oxygen atoms in total. The van der Waals surface area contributed by atoms with Crippen molar-refractivity contribution in [3.05, 3.63) is 47.3 Å². The smallest absolute Gasteiger partial charge is 0.122 e. The van der Waals surface area contributed by atoms with E-state index in [1.165, 1.54) is 16.7 Å². The molecule has 1 aliphatic heterocycles. The number of hydrogen-bond donors (Lipinski definition) is 1. The molecule has 1 aromatic heterocycles. The SMILES string of the molecule is CCCNC(c1ccc2c(c1)CCO2)c1cnn(C)c1. The highest BCUT2D eigenvalue weighted by Crippen LogP contribution is 2.30. The van der Waals surface area contributed by atoms with Gasteiger partial charge in [0.1, 0.15) is 5.75 Å². The number of aryl methyl sites for hydroxylation is 1. The number of nitrogens with zero attached hydrogens (tertiary/aromatic N) is 2. The van der Waals surface area contributed by atoms with Crippen LogP contribution in [0.25, 0.3) is 0 Å². The van der Waals surface area contributed by atoms with Crippen LogP contribution in [0.5, 0.6) is 5.75 Å². The van der Waals surface area contributed by atoms with Crippen LogP contribution in [-0.2, 0) is 13.5 Å². The molecule has 2 heterocycles. The summed E-state index contributed by atoms with van der Waals surface area (Å²) in [6.45, 7) is 3.98. The molecule has 1 unspecified atom stereocenters. The van der Waals surface area contributed by atoms with E-state index in [1.807, 2.05) is 17.9 Å². The molecule has 0 bridgehead atoms. The lowest BCUT2D eigenvalue weighted by molar-refractivity contribution is 0.357. The second-order valence-electron chi connectivity index (χ2n) is 5.30. The third-order valence-electron chi connectivity index (χ3n) is 3.70. The Morgan fingerprint density at radius 3 is 3.05 bits per heavy atom. The van der Waals surface area contributed by atoms with Gasteiger partial charge in [-0.15, -0.1) is 0 Å². The van der Waals surface area contributed by atoms with Gasteiger partial charge in [-0.1, -0.05) is 19.1 Å². The van der Waals surface area contributed by atoms with Gasteiger partial charge in [0.25, 0.3) is 0 Å². The van der Waals surface area contributed by atoms with Gasteiger partial charge in [0.15, 0.2) is 0 Å². The van der Waals surface area contributed by atoms with E-state index in [4.69, 9.17) is 4.74 Å². The van der Waals surface area contributed by atoms with Gasteiger partial charge in [-0.25, -0.2) is 0 Å². The molecule has 3 rings (SSSR count). The number of hydrogen-bond acceptors (Lipinski definition) is 3. The highest BCUT2D eigenvalue weighted by atomic mass is 16.5. The molecule has 0 aliphatic carbocycles. The molecule has 0 radical (unpaired) electrons. The number of nitrogens with one attached hydrogen (secondary N) is 1. The van der Waals surface area contributed by atoms with Crippen molar-refractivity contribution in [1.82, 2.24) is 15.1 Å². The standard InChI is InChI=1S/C16H21N3O/c1-3-7-17-16(14-10-18-19(2)11-14)13-4-5-15-12(9-13)6-8-20-15/h4-5,9-11,16-17H,3,6-8H2,1-2H3. The molecule has 1 N–H and O–H groups in total. The largest absolute Gasteiger partial charge is 0.493 e. The van der Waals surface area contributed by atoms with Gasteiger partial charge >= 0.3 is 0 Å². The maximum atomic E-state index is 5.59.